The number of imidazole rings is 1. The fourth-order valence-corrected chi connectivity index (χ4v) is 4.17. The second kappa shape index (κ2) is 11.7. The van der Waals surface area contributed by atoms with E-state index in [1.165, 1.54) is 0 Å². The Kier molecular flexibility index (Phi) is 8.05. The van der Waals surface area contributed by atoms with Crippen molar-refractivity contribution in [1.82, 2.24) is 39.7 Å². The molecular weight excluding hydrogens is 592 g/mol. The summed E-state index contributed by atoms with van der Waals surface area (Å²) in [4.78, 5) is 28.4. The minimum Gasteiger partial charge on any atom is -0.475 e. The lowest BCUT2D eigenvalue weighted by Gasteiger charge is -2.27. The average Bonchev–Trinajstić information content (AvgIpc) is 3.56. The third-order valence-electron chi connectivity index (χ3n) is 5.77. The van der Waals surface area contributed by atoms with Crippen LogP contribution in [-0.4, -0.2) is 83.3 Å². The summed E-state index contributed by atoms with van der Waals surface area (Å²) in [7, 11) is 0. The molecule has 0 unspecified atom stereocenters. The molecule has 1 fully saturated rings. The van der Waals surface area contributed by atoms with Crippen LogP contribution in [0.1, 0.15) is 5.82 Å². The molecule has 6 rings (SSSR count). The summed E-state index contributed by atoms with van der Waals surface area (Å²) in [6.45, 7) is 3.05. The first-order valence-electron chi connectivity index (χ1n) is 11.8. The van der Waals surface area contributed by atoms with E-state index in [0.29, 0.717) is 66.3 Å². The van der Waals surface area contributed by atoms with E-state index in [9.17, 15) is 13.2 Å². The Morgan fingerprint density at radius 3 is 2.51 bits per heavy atom. The number of anilines is 2. The van der Waals surface area contributed by atoms with Crippen LogP contribution in [0.2, 0.25) is 10.0 Å². The Bertz CT molecular complexity index is 1650. The summed E-state index contributed by atoms with van der Waals surface area (Å²) in [5.41, 5.74) is 3.91. The van der Waals surface area contributed by atoms with Crippen LogP contribution in [-0.2, 0) is 16.1 Å². The third-order valence-corrected chi connectivity index (χ3v) is 6.50. The molecule has 18 heteroatoms. The lowest BCUT2D eigenvalue weighted by molar-refractivity contribution is -0.192. The van der Waals surface area contributed by atoms with Crippen LogP contribution < -0.4 is 10.2 Å². The van der Waals surface area contributed by atoms with Gasteiger partial charge in [-0.25, -0.2) is 9.78 Å². The van der Waals surface area contributed by atoms with E-state index in [0.717, 1.165) is 22.2 Å². The number of carboxylic acid groups (broad SMARTS) is 1. The number of H-pyrrole nitrogens is 1. The zero-order valence-electron chi connectivity index (χ0n) is 20.7. The monoisotopic (exact) mass is 610 g/mol. The van der Waals surface area contributed by atoms with E-state index in [4.69, 9.17) is 47.8 Å². The number of morpholine rings is 1. The molecule has 3 N–H and O–H groups in total. The number of aromatic nitrogens is 8. The molecule has 0 bridgehead atoms. The first kappa shape index (κ1) is 28.3. The van der Waals surface area contributed by atoms with E-state index >= 15 is 0 Å². The van der Waals surface area contributed by atoms with E-state index in [-0.39, 0.29) is 0 Å². The molecule has 41 heavy (non-hydrogen) atoms. The first-order valence-corrected chi connectivity index (χ1v) is 12.6. The topological polar surface area (TPSA) is 159 Å². The van der Waals surface area contributed by atoms with Crippen LogP contribution in [0.5, 0.6) is 0 Å². The molecular formula is C23H19Cl2F3N10O3. The van der Waals surface area contributed by atoms with Crippen molar-refractivity contribution in [2.24, 2.45) is 0 Å². The number of carbonyl (C=O) groups is 1. The number of carboxylic acids is 1. The van der Waals surface area contributed by atoms with Gasteiger partial charge in [0.1, 0.15) is 5.82 Å². The fourth-order valence-electron chi connectivity index (χ4n) is 3.84. The number of benzene rings is 1. The Morgan fingerprint density at radius 2 is 1.83 bits per heavy atom. The molecule has 13 nitrogen and oxygen atoms in total. The Morgan fingerprint density at radius 1 is 1.10 bits per heavy atom. The molecule has 0 aliphatic carbocycles. The minimum atomic E-state index is -5.08. The van der Waals surface area contributed by atoms with Crippen LogP contribution >= 0.6 is 23.2 Å². The molecule has 0 radical (unpaired) electrons. The summed E-state index contributed by atoms with van der Waals surface area (Å²) in [5.74, 6) is -0.909. The number of ether oxygens (including phenoxy) is 1. The van der Waals surface area contributed by atoms with Crippen molar-refractivity contribution in [2.45, 2.75) is 12.7 Å². The number of nitrogens with one attached hydrogen (secondary N) is 2. The second-order valence-electron chi connectivity index (χ2n) is 8.49. The zero-order chi connectivity index (χ0) is 29.1. The number of aromatic amines is 1. The van der Waals surface area contributed by atoms with Crippen molar-refractivity contribution in [2.75, 3.05) is 36.5 Å². The van der Waals surface area contributed by atoms with E-state index in [1.54, 1.807) is 35.2 Å². The van der Waals surface area contributed by atoms with Gasteiger partial charge in [0.15, 0.2) is 5.65 Å². The molecule has 0 saturated carbocycles. The molecule has 4 aromatic heterocycles. The maximum Gasteiger partial charge on any atom is 0.490 e. The highest BCUT2D eigenvalue weighted by Crippen LogP contribution is 2.28. The Hall–Kier alpha value is -4.28. The van der Waals surface area contributed by atoms with Gasteiger partial charge in [-0.05, 0) is 18.2 Å². The number of hydrogen-bond acceptors (Lipinski definition) is 10. The van der Waals surface area contributed by atoms with Gasteiger partial charge in [-0.1, -0.05) is 23.2 Å². The molecule has 1 aromatic carbocycles. The number of alkyl halides is 3. The number of nitrogens with zero attached hydrogens (tertiary/aromatic N) is 8. The predicted octanol–water partition coefficient (Wildman–Crippen LogP) is 3.85. The van der Waals surface area contributed by atoms with Crippen LogP contribution in [0.3, 0.4) is 0 Å². The van der Waals surface area contributed by atoms with E-state index < -0.39 is 12.1 Å². The Balaban J connectivity index is 0.000000431. The molecule has 5 aromatic rings. The highest BCUT2D eigenvalue weighted by molar-refractivity contribution is 6.42. The molecule has 1 aliphatic rings. The molecule has 1 aliphatic heterocycles. The van der Waals surface area contributed by atoms with Gasteiger partial charge in [-0.2, -0.15) is 43.0 Å². The van der Waals surface area contributed by atoms with Gasteiger partial charge in [0.2, 0.25) is 11.9 Å². The smallest absolute Gasteiger partial charge is 0.475 e. The maximum atomic E-state index is 10.6. The zero-order valence-corrected chi connectivity index (χ0v) is 22.2. The number of fused-ring (bicyclic) bond motifs is 2. The van der Waals surface area contributed by atoms with Crippen LogP contribution in [0.25, 0.3) is 27.8 Å². The van der Waals surface area contributed by atoms with Crippen LogP contribution in [0.15, 0.2) is 36.8 Å². The van der Waals surface area contributed by atoms with Gasteiger partial charge >= 0.3 is 12.1 Å². The summed E-state index contributed by atoms with van der Waals surface area (Å²) < 4.78 is 38.9. The van der Waals surface area contributed by atoms with E-state index in [2.05, 4.69) is 35.5 Å². The molecule has 0 amide bonds. The lowest BCUT2D eigenvalue weighted by atomic mass is 10.2. The van der Waals surface area contributed by atoms with Crippen LogP contribution in [0, 0.1) is 0 Å². The highest BCUT2D eigenvalue weighted by Gasteiger charge is 2.38. The normalized spacial score (nSPS) is 13.7. The van der Waals surface area contributed by atoms with Gasteiger partial charge in [0.05, 0.1) is 59.4 Å². The van der Waals surface area contributed by atoms with Crippen molar-refractivity contribution in [1.29, 1.82) is 0 Å². The van der Waals surface area contributed by atoms with Gasteiger partial charge in [0, 0.05) is 24.2 Å². The number of aliphatic carboxylic acids is 1. The molecule has 5 heterocycles. The SMILES string of the molecule is Clc1cc2nc(CNc3nc(N4CCOCC4)nc4c(-c5ccnnc5)cnn34)[nH]c2cc1Cl.O=C(O)C(F)(F)F. The Labute approximate surface area is 238 Å². The molecule has 0 atom stereocenters. The van der Waals surface area contributed by atoms with Gasteiger partial charge in [0.25, 0.3) is 0 Å². The predicted molar refractivity (Wildman–Crippen MR) is 142 cm³/mol. The van der Waals surface area contributed by atoms with Crippen molar-refractivity contribution < 1.29 is 27.8 Å². The molecule has 0 spiro atoms. The third kappa shape index (κ3) is 6.39. The summed E-state index contributed by atoms with van der Waals surface area (Å²) in [6, 6.07) is 5.37. The quantitative estimate of drug-likeness (QED) is 0.265. The first-order chi connectivity index (χ1) is 19.6. The van der Waals surface area contributed by atoms with Crippen molar-refractivity contribution >= 4 is 57.7 Å². The number of rotatable bonds is 5. The lowest BCUT2D eigenvalue weighted by Crippen LogP contribution is -2.37. The van der Waals surface area contributed by atoms with Crippen molar-refractivity contribution in [3.05, 3.63) is 52.7 Å². The van der Waals surface area contributed by atoms with Gasteiger partial charge in [-0.15, -0.1) is 0 Å². The summed E-state index contributed by atoms with van der Waals surface area (Å²) in [6.07, 6.45) is -0.00601. The summed E-state index contributed by atoms with van der Waals surface area (Å²) >= 11 is 12.3. The van der Waals surface area contributed by atoms with Gasteiger partial charge in [-0.3, -0.25) is 0 Å². The minimum absolute atomic E-state index is 0.380. The highest BCUT2D eigenvalue weighted by atomic mass is 35.5. The van der Waals surface area contributed by atoms with Crippen molar-refractivity contribution in [3.8, 4) is 11.1 Å². The molecule has 1 saturated heterocycles. The second-order valence-corrected chi connectivity index (χ2v) is 9.31. The fraction of sp³-hybridized carbons (Fsp3) is 0.261. The largest absolute Gasteiger partial charge is 0.490 e. The average molecular weight is 611 g/mol. The maximum absolute atomic E-state index is 10.6. The van der Waals surface area contributed by atoms with Crippen LogP contribution in [0.4, 0.5) is 25.1 Å². The molecule has 214 valence electrons. The van der Waals surface area contributed by atoms with E-state index in [1.807, 2.05) is 6.07 Å². The summed E-state index contributed by atoms with van der Waals surface area (Å²) in [5, 5.41) is 23.8. The number of halogens is 5. The van der Waals surface area contributed by atoms with Gasteiger partial charge < -0.3 is 25.0 Å². The number of hydrogen-bond donors (Lipinski definition) is 3. The standard InChI is InChI=1S/C21H18Cl2N10O.C2HF3O2/c22-14-7-16-17(8-15(14)23)29-18(28-16)11-24-20-31-21(32-3-5-34-6-4-32)30-19-13(10-27-33(19)20)12-1-2-25-26-9-12;3-2(4,5)1(6)7/h1-2,7-10H,3-6,11H2,(H,28,29)(H,24,30,31);(H,6,7). The van der Waals surface area contributed by atoms with Crippen molar-refractivity contribution in [3.63, 3.8) is 0 Å².